The average molecular weight is 223 g/mol. The van der Waals surface area contributed by atoms with Crippen molar-refractivity contribution in [2.75, 3.05) is 6.54 Å². The van der Waals surface area contributed by atoms with Crippen molar-refractivity contribution < 1.29 is 4.39 Å². The summed E-state index contributed by atoms with van der Waals surface area (Å²) in [5, 5.41) is 3.43. The highest BCUT2D eigenvalue weighted by molar-refractivity contribution is 5.23. The van der Waals surface area contributed by atoms with Gasteiger partial charge in [-0.15, -0.1) is 0 Å². The Morgan fingerprint density at radius 3 is 2.75 bits per heavy atom. The van der Waals surface area contributed by atoms with Crippen LogP contribution in [0.25, 0.3) is 0 Å². The second-order valence-corrected chi connectivity index (χ2v) is 4.48. The summed E-state index contributed by atoms with van der Waals surface area (Å²) in [7, 11) is 0. The molecule has 90 valence electrons. The second-order valence-electron chi connectivity index (χ2n) is 4.48. The molecule has 0 aliphatic rings. The highest BCUT2D eigenvalue weighted by Gasteiger charge is 2.03. The molecule has 0 fully saturated rings. The second kappa shape index (κ2) is 6.64. The fraction of sp³-hybridized carbons (Fsp3) is 0.571. The largest absolute Gasteiger partial charge is 0.314 e. The first-order valence-electron chi connectivity index (χ1n) is 6.12. The Kier molecular flexibility index (Phi) is 5.47. The van der Waals surface area contributed by atoms with Crippen LogP contribution in [-0.4, -0.2) is 12.6 Å². The third-order valence-corrected chi connectivity index (χ3v) is 2.85. The van der Waals surface area contributed by atoms with E-state index in [4.69, 9.17) is 0 Å². The van der Waals surface area contributed by atoms with E-state index in [2.05, 4.69) is 19.2 Å². The fourth-order valence-corrected chi connectivity index (χ4v) is 1.67. The number of halogens is 1. The Balaban J connectivity index is 2.39. The van der Waals surface area contributed by atoms with Gasteiger partial charge >= 0.3 is 0 Å². The molecule has 0 bridgehead atoms. The molecule has 0 aliphatic carbocycles. The normalized spacial score (nSPS) is 12.8. The number of nitrogens with one attached hydrogen (secondary N) is 1. The minimum atomic E-state index is -0.0910. The first-order valence-corrected chi connectivity index (χ1v) is 6.12. The van der Waals surface area contributed by atoms with Gasteiger partial charge in [-0.05, 0) is 56.8 Å². The molecule has 0 saturated carbocycles. The van der Waals surface area contributed by atoms with Crippen molar-refractivity contribution in [3.05, 3.63) is 35.1 Å². The summed E-state index contributed by atoms with van der Waals surface area (Å²) in [6.07, 6.45) is 3.15. The van der Waals surface area contributed by atoms with Gasteiger partial charge in [0.15, 0.2) is 0 Å². The maximum atomic E-state index is 13.3. The molecule has 0 radical (unpaired) electrons. The molecule has 1 rings (SSSR count). The van der Waals surface area contributed by atoms with E-state index in [0.29, 0.717) is 6.04 Å². The standard InChI is InChI=1S/C14H22FN/c1-4-9-16-12(3)6-8-13-7-5-11(2)14(15)10-13/h5,7,10,12,16H,4,6,8-9H2,1-3H3. The highest BCUT2D eigenvalue weighted by Crippen LogP contribution is 2.11. The lowest BCUT2D eigenvalue weighted by Gasteiger charge is -2.13. The zero-order chi connectivity index (χ0) is 12.0. The van der Waals surface area contributed by atoms with E-state index < -0.39 is 0 Å². The zero-order valence-electron chi connectivity index (χ0n) is 10.5. The van der Waals surface area contributed by atoms with Crippen molar-refractivity contribution >= 4 is 0 Å². The molecule has 1 nitrogen and oxygen atoms in total. The number of hydrogen-bond donors (Lipinski definition) is 1. The minimum absolute atomic E-state index is 0.0910. The zero-order valence-corrected chi connectivity index (χ0v) is 10.5. The van der Waals surface area contributed by atoms with Crippen molar-refractivity contribution in [3.8, 4) is 0 Å². The smallest absolute Gasteiger partial charge is 0.126 e. The summed E-state index contributed by atoms with van der Waals surface area (Å²) in [5.74, 6) is -0.0910. The van der Waals surface area contributed by atoms with E-state index in [0.717, 1.165) is 36.9 Å². The molecule has 0 amide bonds. The van der Waals surface area contributed by atoms with E-state index in [9.17, 15) is 4.39 Å². The first kappa shape index (κ1) is 13.2. The van der Waals surface area contributed by atoms with E-state index in [1.54, 1.807) is 13.0 Å². The van der Waals surface area contributed by atoms with Crippen molar-refractivity contribution in [2.45, 2.75) is 46.1 Å². The van der Waals surface area contributed by atoms with Crippen LogP contribution in [0.3, 0.4) is 0 Å². The van der Waals surface area contributed by atoms with E-state index in [1.165, 1.54) is 0 Å². The highest BCUT2D eigenvalue weighted by atomic mass is 19.1. The molecule has 0 heterocycles. The summed E-state index contributed by atoms with van der Waals surface area (Å²) in [4.78, 5) is 0. The Labute approximate surface area is 98.1 Å². The van der Waals surface area contributed by atoms with Gasteiger partial charge in [-0.1, -0.05) is 19.1 Å². The van der Waals surface area contributed by atoms with Crippen LogP contribution < -0.4 is 5.32 Å². The summed E-state index contributed by atoms with van der Waals surface area (Å²) >= 11 is 0. The number of benzene rings is 1. The third-order valence-electron chi connectivity index (χ3n) is 2.85. The first-order chi connectivity index (χ1) is 7.63. The number of rotatable bonds is 6. The number of aryl methyl sites for hydroxylation is 2. The van der Waals surface area contributed by atoms with Crippen molar-refractivity contribution in [3.63, 3.8) is 0 Å². The summed E-state index contributed by atoms with van der Waals surface area (Å²) in [6, 6.07) is 6.03. The van der Waals surface area contributed by atoms with Gasteiger partial charge in [0, 0.05) is 6.04 Å². The number of hydrogen-bond acceptors (Lipinski definition) is 1. The van der Waals surface area contributed by atoms with Crippen LogP contribution >= 0.6 is 0 Å². The quantitative estimate of drug-likeness (QED) is 0.779. The Morgan fingerprint density at radius 2 is 2.12 bits per heavy atom. The van der Waals surface area contributed by atoms with Gasteiger partial charge in [0.25, 0.3) is 0 Å². The van der Waals surface area contributed by atoms with Crippen molar-refractivity contribution in [1.29, 1.82) is 0 Å². The SMILES string of the molecule is CCCNC(C)CCc1ccc(C)c(F)c1. The van der Waals surface area contributed by atoms with Gasteiger partial charge in [-0.3, -0.25) is 0 Å². The van der Waals surface area contributed by atoms with Crippen LogP contribution in [0.5, 0.6) is 0 Å². The Hall–Kier alpha value is -0.890. The lowest BCUT2D eigenvalue weighted by molar-refractivity contribution is 0.513. The van der Waals surface area contributed by atoms with Crippen LogP contribution in [0.1, 0.15) is 37.8 Å². The van der Waals surface area contributed by atoms with Gasteiger partial charge in [0.1, 0.15) is 5.82 Å². The van der Waals surface area contributed by atoms with Crippen LogP contribution in [-0.2, 0) is 6.42 Å². The van der Waals surface area contributed by atoms with E-state index in [1.807, 2.05) is 12.1 Å². The molecule has 0 spiro atoms. The molecule has 1 unspecified atom stereocenters. The van der Waals surface area contributed by atoms with Crippen molar-refractivity contribution in [1.82, 2.24) is 5.32 Å². The van der Waals surface area contributed by atoms with Crippen LogP contribution in [0, 0.1) is 12.7 Å². The van der Waals surface area contributed by atoms with Crippen LogP contribution in [0.15, 0.2) is 18.2 Å². The Morgan fingerprint density at radius 1 is 1.38 bits per heavy atom. The molecule has 16 heavy (non-hydrogen) atoms. The molecular formula is C14H22FN. The fourth-order valence-electron chi connectivity index (χ4n) is 1.67. The van der Waals surface area contributed by atoms with Gasteiger partial charge in [-0.25, -0.2) is 4.39 Å². The maximum Gasteiger partial charge on any atom is 0.126 e. The maximum absolute atomic E-state index is 13.3. The molecular weight excluding hydrogens is 201 g/mol. The monoisotopic (exact) mass is 223 g/mol. The van der Waals surface area contributed by atoms with Crippen LogP contribution in [0.2, 0.25) is 0 Å². The average Bonchev–Trinajstić information content (AvgIpc) is 2.28. The molecule has 2 heteroatoms. The molecule has 0 aromatic heterocycles. The van der Waals surface area contributed by atoms with Crippen molar-refractivity contribution in [2.24, 2.45) is 0 Å². The molecule has 0 saturated heterocycles. The summed E-state index contributed by atoms with van der Waals surface area (Å²) < 4.78 is 13.3. The summed E-state index contributed by atoms with van der Waals surface area (Å²) in [6.45, 7) is 7.20. The molecule has 0 aliphatic heterocycles. The van der Waals surface area contributed by atoms with Gasteiger partial charge < -0.3 is 5.32 Å². The summed E-state index contributed by atoms with van der Waals surface area (Å²) in [5.41, 5.74) is 1.81. The molecule has 1 atom stereocenters. The van der Waals surface area contributed by atoms with Crippen LogP contribution in [0.4, 0.5) is 4.39 Å². The predicted octanol–water partition coefficient (Wildman–Crippen LogP) is 3.45. The topological polar surface area (TPSA) is 12.0 Å². The Bertz CT molecular complexity index is 323. The van der Waals surface area contributed by atoms with Gasteiger partial charge in [0.05, 0.1) is 0 Å². The lowest BCUT2D eigenvalue weighted by Crippen LogP contribution is -2.27. The molecule has 1 aromatic rings. The molecule has 1 aromatic carbocycles. The van der Waals surface area contributed by atoms with E-state index >= 15 is 0 Å². The van der Waals surface area contributed by atoms with E-state index in [-0.39, 0.29) is 5.82 Å². The lowest BCUT2D eigenvalue weighted by atomic mass is 10.0. The molecule has 1 N–H and O–H groups in total. The third kappa shape index (κ3) is 4.31. The predicted molar refractivity (Wildman–Crippen MR) is 67.2 cm³/mol. The van der Waals surface area contributed by atoms with Gasteiger partial charge in [0.2, 0.25) is 0 Å². The van der Waals surface area contributed by atoms with Gasteiger partial charge in [-0.2, -0.15) is 0 Å². The minimum Gasteiger partial charge on any atom is -0.314 e.